The molecule has 3 aromatic rings. The summed E-state index contributed by atoms with van der Waals surface area (Å²) in [6.07, 6.45) is -0.776. The molecule has 0 spiro atoms. The van der Waals surface area contributed by atoms with Gasteiger partial charge in [0.15, 0.2) is 6.10 Å². The summed E-state index contributed by atoms with van der Waals surface area (Å²) in [6, 6.07) is 17.5. The first-order valence-corrected chi connectivity index (χ1v) is 17.3. The van der Waals surface area contributed by atoms with Gasteiger partial charge in [0.05, 0.1) is 6.61 Å². The number of hydrogen-bond acceptors (Lipinski definition) is 8. The van der Waals surface area contributed by atoms with Gasteiger partial charge in [-0.25, -0.2) is 9.59 Å². The Morgan fingerprint density at radius 1 is 0.962 bits per heavy atom. The van der Waals surface area contributed by atoms with Crippen LogP contribution < -0.4 is 27.0 Å². The van der Waals surface area contributed by atoms with Crippen molar-refractivity contribution >= 4 is 35.5 Å². The zero-order valence-corrected chi connectivity index (χ0v) is 29.9. The number of aliphatic hydroxyl groups excluding tert-OH is 1. The average Bonchev–Trinajstić information content (AvgIpc) is 3.45. The van der Waals surface area contributed by atoms with Crippen molar-refractivity contribution in [2.45, 2.75) is 65.0 Å². The third kappa shape index (κ3) is 10.5. The lowest BCUT2D eigenvalue weighted by atomic mass is 10.0. The smallest absolute Gasteiger partial charge is 0.411 e. The van der Waals surface area contributed by atoms with Crippen LogP contribution in [0, 0.1) is 5.92 Å². The second-order valence-corrected chi connectivity index (χ2v) is 12.8. The van der Waals surface area contributed by atoms with Crippen molar-refractivity contribution < 1.29 is 33.8 Å². The van der Waals surface area contributed by atoms with Crippen molar-refractivity contribution in [2.75, 3.05) is 25.0 Å². The predicted octanol–water partition coefficient (Wildman–Crippen LogP) is 4.23. The third-order valence-electron chi connectivity index (χ3n) is 8.79. The van der Waals surface area contributed by atoms with E-state index in [4.69, 9.17) is 16.0 Å². The Kier molecular flexibility index (Phi) is 14.2. The zero-order chi connectivity index (χ0) is 38.5. The number of benzene rings is 3. The number of nitrogens with zero attached hydrogens (tertiary/aromatic N) is 4. The van der Waals surface area contributed by atoms with Gasteiger partial charge in [-0.05, 0) is 65.6 Å². The van der Waals surface area contributed by atoms with Crippen LogP contribution >= 0.6 is 0 Å². The quantitative estimate of drug-likeness (QED) is 0.0511. The first-order valence-electron chi connectivity index (χ1n) is 17.3. The number of anilines is 1. The van der Waals surface area contributed by atoms with Gasteiger partial charge < -0.3 is 41.7 Å². The van der Waals surface area contributed by atoms with Gasteiger partial charge in [-0.15, -0.1) is 0 Å². The first-order chi connectivity index (χ1) is 25.5. The van der Waals surface area contributed by atoms with E-state index in [1.807, 2.05) is 55.5 Å². The number of rotatable bonds is 17. The minimum Gasteiger partial charge on any atom is -0.436 e. The molecule has 280 valence electrons. The molecule has 0 heterocycles. The molecule has 6 amide bonds. The summed E-state index contributed by atoms with van der Waals surface area (Å²) in [6.45, 7) is 4.89. The molecule has 0 fully saturated rings. The van der Waals surface area contributed by atoms with Gasteiger partial charge in [-0.2, -0.15) is 0 Å². The van der Waals surface area contributed by atoms with Crippen LogP contribution in [0.5, 0.6) is 0 Å². The molecule has 0 aromatic heterocycles. The third-order valence-corrected chi connectivity index (χ3v) is 8.79. The van der Waals surface area contributed by atoms with Crippen molar-refractivity contribution in [3.05, 3.63) is 99.4 Å². The van der Waals surface area contributed by atoms with Crippen molar-refractivity contribution in [3.8, 4) is 11.1 Å². The number of nitrogens with two attached hydrogens (primary N) is 1. The number of azide groups is 1. The number of amides is 6. The van der Waals surface area contributed by atoms with E-state index in [2.05, 4.69) is 31.3 Å². The molecule has 4 rings (SSSR count). The van der Waals surface area contributed by atoms with Gasteiger partial charge in [0.1, 0.15) is 18.6 Å². The highest BCUT2D eigenvalue weighted by Crippen LogP contribution is 2.45. The van der Waals surface area contributed by atoms with E-state index in [9.17, 15) is 29.1 Å². The molecule has 0 bridgehead atoms. The Morgan fingerprint density at radius 3 is 2.21 bits per heavy atom. The summed E-state index contributed by atoms with van der Waals surface area (Å²) in [5, 5.41) is 23.8. The summed E-state index contributed by atoms with van der Waals surface area (Å²) in [5.74, 6) is -2.28. The van der Waals surface area contributed by atoms with Gasteiger partial charge in [0.25, 0.3) is 0 Å². The number of aliphatic hydroxyl groups is 1. The number of primary amides is 1. The van der Waals surface area contributed by atoms with E-state index < -0.39 is 54.6 Å². The van der Waals surface area contributed by atoms with E-state index in [0.717, 1.165) is 22.3 Å². The molecule has 0 radical (unpaired) electrons. The minimum absolute atomic E-state index is 0.0650. The normalized spacial score (nSPS) is 12.7. The number of fused-ring (bicyclic) bond motifs is 3. The lowest BCUT2D eigenvalue weighted by Crippen LogP contribution is -2.55. The Balaban J connectivity index is 1.50. The number of hydrogen-bond donors (Lipinski definition) is 6. The molecular formula is C37H45N9O7. The fraction of sp³-hybridized carbons (Fsp3) is 0.378. The maximum absolute atomic E-state index is 13.7. The molecule has 3 aromatic carbocycles. The van der Waals surface area contributed by atoms with Gasteiger partial charge >= 0.3 is 12.1 Å². The van der Waals surface area contributed by atoms with Crippen LogP contribution in [0.3, 0.4) is 0 Å². The monoisotopic (exact) mass is 727 g/mol. The van der Waals surface area contributed by atoms with E-state index in [1.165, 1.54) is 4.90 Å². The van der Waals surface area contributed by atoms with Crippen LogP contribution in [0.2, 0.25) is 0 Å². The van der Waals surface area contributed by atoms with E-state index in [0.29, 0.717) is 23.4 Å². The fourth-order valence-corrected chi connectivity index (χ4v) is 6.06. The number of ether oxygens (including phenoxy) is 1. The number of urea groups is 1. The number of nitrogens with one attached hydrogen (secondary N) is 4. The highest BCUT2D eigenvalue weighted by molar-refractivity contribution is 5.98. The Bertz CT molecular complexity index is 1820. The lowest BCUT2D eigenvalue weighted by molar-refractivity contribution is -0.131. The van der Waals surface area contributed by atoms with Crippen molar-refractivity contribution in [3.63, 3.8) is 0 Å². The van der Waals surface area contributed by atoms with Crippen LogP contribution in [0.1, 0.15) is 62.0 Å². The van der Waals surface area contributed by atoms with Crippen LogP contribution in [0.4, 0.5) is 15.3 Å². The molecule has 7 N–H and O–H groups in total. The lowest BCUT2D eigenvalue weighted by Gasteiger charge is -2.26. The topological polar surface area (TPSA) is 241 Å². The predicted molar refractivity (Wildman–Crippen MR) is 197 cm³/mol. The highest BCUT2D eigenvalue weighted by Gasteiger charge is 2.33. The van der Waals surface area contributed by atoms with E-state index >= 15 is 0 Å². The summed E-state index contributed by atoms with van der Waals surface area (Å²) in [4.78, 5) is 68.1. The molecule has 53 heavy (non-hydrogen) atoms. The molecule has 0 saturated heterocycles. The van der Waals surface area contributed by atoms with Crippen LogP contribution in [0.15, 0.2) is 71.8 Å². The van der Waals surface area contributed by atoms with E-state index in [-0.39, 0.29) is 38.5 Å². The van der Waals surface area contributed by atoms with Gasteiger partial charge in [0, 0.05) is 41.4 Å². The summed E-state index contributed by atoms with van der Waals surface area (Å²) in [5.41, 5.74) is 18.9. The molecule has 0 aliphatic heterocycles. The standard InChI is InChI=1S/C37H45N9O7/c1-4-46(37(52)53-33-28-12-7-5-10-26(28)27-11-6-8-13-29(27)33)20-24-18-25(16-15-23(24)21-47)42-34(49)30(14-9-17-40-36(38)51)43-35(50)32(22(2)3)44-31(48)19-41-45-39/h5-8,10-13,15-16,18,22,30,32-33,47H,4,9,14,17,19-21H2,1-3H3,(H,42,49)(H,43,50)(H,44,48)(H3,38,40,51)/t30-,32-/m0/s1. The van der Waals surface area contributed by atoms with Gasteiger partial charge in [-0.1, -0.05) is 73.6 Å². The Morgan fingerprint density at radius 2 is 1.62 bits per heavy atom. The molecule has 0 saturated carbocycles. The van der Waals surface area contributed by atoms with Crippen molar-refractivity contribution in [1.29, 1.82) is 0 Å². The number of carbonyl (C=O) groups excluding carboxylic acids is 5. The Labute approximate surface area is 307 Å². The average molecular weight is 728 g/mol. The van der Waals surface area contributed by atoms with Crippen LogP contribution in [0.25, 0.3) is 21.6 Å². The molecule has 16 heteroatoms. The van der Waals surface area contributed by atoms with Crippen molar-refractivity contribution in [1.82, 2.24) is 20.9 Å². The second-order valence-electron chi connectivity index (χ2n) is 12.8. The summed E-state index contributed by atoms with van der Waals surface area (Å²) < 4.78 is 6.10. The van der Waals surface area contributed by atoms with E-state index in [1.54, 1.807) is 32.0 Å². The molecule has 1 aliphatic carbocycles. The number of carbonyl (C=O) groups is 5. The van der Waals surface area contributed by atoms with Gasteiger partial charge in [-0.3, -0.25) is 14.4 Å². The summed E-state index contributed by atoms with van der Waals surface area (Å²) in [7, 11) is 0. The van der Waals surface area contributed by atoms with Crippen LogP contribution in [-0.2, 0) is 32.3 Å². The maximum atomic E-state index is 13.7. The van der Waals surface area contributed by atoms with Crippen LogP contribution in [-0.4, -0.2) is 71.6 Å². The molecule has 1 aliphatic rings. The molecule has 2 atom stereocenters. The van der Waals surface area contributed by atoms with Gasteiger partial charge in [0.2, 0.25) is 17.7 Å². The fourth-order valence-electron chi connectivity index (χ4n) is 6.06. The van der Waals surface area contributed by atoms with Crippen molar-refractivity contribution in [2.24, 2.45) is 16.8 Å². The highest BCUT2D eigenvalue weighted by atomic mass is 16.6. The largest absolute Gasteiger partial charge is 0.436 e. The summed E-state index contributed by atoms with van der Waals surface area (Å²) >= 11 is 0. The molecule has 0 unspecified atom stereocenters. The zero-order valence-electron chi connectivity index (χ0n) is 29.9. The SMILES string of the molecule is CCN(Cc1cc(NC(=O)[C@H](CCCNC(N)=O)NC(=O)[C@@H](NC(=O)CN=[N+]=[N-])C(C)C)ccc1CO)C(=O)OC1c2ccccc2-c2ccccc21. The second kappa shape index (κ2) is 18.9. The maximum Gasteiger partial charge on any atom is 0.411 e. The molecule has 16 nitrogen and oxygen atoms in total. The minimum atomic E-state index is -1.10. The molecular weight excluding hydrogens is 682 g/mol. The Hall–Kier alpha value is -6.12. The first kappa shape index (κ1) is 39.7.